The minimum absolute atomic E-state index is 0.438. The van der Waals surface area contributed by atoms with Crippen molar-refractivity contribution >= 4 is 0 Å². The number of rotatable bonds is 6. The normalized spacial score (nSPS) is 47.4. The molecule has 0 amide bonds. The van der Waals surface area contributed by atoms with Gasteiger partial charge in [-0.1, -0.05) is 0 Å². The van der Waals surface area contributed by atoms with E-state index in [9.17, 15) is 0 Å². The first-order valence-corrected chi connectivity index (χ1v) is 13.6. The van der Waals surface area contributed by atoms with E-state index in [1.807, 2.05) is 0 Å². The summed E-state index contributed by atoms with van der Waals surface area (Å²) in [6, 6.07) is 4.79. The van der Waals surface area contributed by atoms with Crippen molar-refractivity contribution in [2.75, 3.05) is 6.61 Å². The second-order valence-corrected chi connectivity index (χ2v) is 13.5. The molecular formula is C29H38O2. The lowest BCUT2D eigenvalue weighted by Gasteiger charge is -2.57. The molecule has 0 saturated heterocycles. The van der Waals surface area contributed by atoms with Crippen LogP contribution in [0.3, 0.4) is 0 Å². The molecule has 0 atom stereocenters. The van der Waals surface area contributed by atoms with E-state index in [4.69, 9.17) is 9.47 Å². The lowest BCUT2D eigenvalue weighted by Crippen LogP contribution is -2.48. The Morgan fingerprint density at radius 1 is 0.742 bits per heavy atom. The van der Waals surface area contributed by atoms with Crippen LogP contribution in [-0.4, -0.2) is 6.61 Å². The first-order chi connectivity index (χ1) is 15.1. The Balaban J connectivity index is 0.959. The molecule has 166 valence electrons. The highest BCUT2D eigenvalue weighted by atomic mass is 16.6. The van der Waals surface area contributed by atoms with Gasteiger partial charge in [0.25, 0.3) is 0 Å². The Morgan fingerprint density at radius 3 is 1.87 bits per heavy atom. The zero-order valence-electron chi connectivity index (χ0n) is 19.0. The van der Waals surface area contributed by atoms with E-state index in [1.54, 1.807) is 24.8 Å². The topological polar surface area (TPSA) is 21.8 Å². The Hall–Kier alpha value is -1.18. The zero-order valence-corrected chi connectivity index (χ0v) is 19.0. The fourth-order valence-corrected chi connectivity index (χ4v) is 10.8. The highest BCUT2D eigenvalue weighted by molar-refractivity contribution is 5.65. The minimum atomic E-state index is 0.438. The quantitative estimate of drug-likeness (QED) is 0.355. The lowest BCUT2D eigenvalue weighted by atomic mass is 9.48. The predicted octanol–water partition coefficient (Wildman–Crippen LogP) is 7.64. The van der Waals surface area contributed by atoms with E-state index < -0.39 is 0 Å². The van der Waals surface area contributed by atoms with Gasteiger partial charge in [0.1, 0.15) is 0 Å². The molecule has 8 fully saturated rings. The molecule has 2 nitrogen and oxygen atoms in total. The fourth-order valence-electron chi connectivity index (χ4n) is 10.8. The van der Waals surface area contributed by atoms with Crippen molar-refractivity contribution < 1.29 is 9.47 Å². The van der Waals surface area contributed by atoms with Crippen LogP contribution < -0.4 is 9.47 Å². The molecule has 1 aromatic carbocycles. The number of ether oxygens (including phenoxy) is 2. The summed E-state index contributed by atoms with van der Waals surface area (Å²) in [6.07, 6.45) is 20.6. The fraction of sp³-hybridized carbons (Fsp3) is 0.793. The number of hydrogen-bond donors (Lipinski definition) is 0. The molecule has 2 heteroatoms. The van der Waals surface area contributed by atoms with Gasteiger partial charge < -0.3 is 9.47 Å². The summed E-state index contributed by atoms with van der Waals surface area (Å²) in [4.78, 5) is 0. The van der Waals surface area contributed by atoms with Crippen molar-refractivity contribution in [2.45, 2.75) is 95.3 Å². The summed E-state index contributed by atoms with van der Waals surface area (Å²) in [6.45, 7) is 0.877. The second kappa shape index (κ2) is 6.23. The van der Waals surface area contributed by atoms with Crippen molar-refractivity contribution in [1.82, 2.24) is 0 Å². The summed E-state index contributed by atoms with van der Waals surface area (Å²) in [7, 11) is 0. The second-order valence-electron chi connectivity index (χ2n) is 13.5. The van der Waals surface area contributed by atoms with Crippen molar-refractivity contribution in [3.8, 4) is 17.2 Å². The van der Waals surface area contributed by atoms with Crippen LogP contribution in [0.15, 0.2) is 12.1 Å². The van der Waals surface area contributed by atoms with E-state index in [-0.39, 0.29) is 0 Å². The van der Waals surface area contributed by atoms with Gasteiger partial charge in [0.15, 0.2) is 11.5 Å². The molecule has 0 radical (unpaired) electrons. The molecule has 1 heterocycles. The molecule has 8 aliphatic carbocycles. The molecule has 0 spiro atoms. The van der Waals surface area contributed by atoms with Crippen molar-refractivity contribution in [2.24, 2.45) is 40.9 Å². The Bertz CT molecular complexity index is 843. The van der Waals surface area contributed by atoms with Gasteiger partial charge in [-0.25, -0.2) is 0 Å². The van der Waals surface area contributed by atoms with Crippen LogP contribution in [0.5, 0.6) is 17.2 Å². The third kappa shape index (κ3) is 2.88. The molecule has 8 bridgehead atoms. The maximum atomic E-state index is 6.43. The third-order valence-corrected chi connectivity index (χ3v) is 11.1. The van der Waals surface area contributed by atoms with Gasteiger partial charge in [0.2, 0.25) is 5.75 Å². The van der Waals surface area contributed by atoms with E-state index in [0.717, 1.165) is 59.4 Å². The molecule has 10 rings (SSSR count). The third-order valence-electron chi connectivity index (χ3n) is 11.1. The minimum Gasteiger partial charge on any atom is -0.490 e. The first kappa shape index (κ1) is 18.3. The molecule has 1 aromatic rings. The summed E-state index contributed by atoms with van der Waals surface area (Å²) in [5.41, 5.74) is 2.68. The lowest BCUT2D eigenvalue weighted by molar-refractivity contribution is -0.0593. The van der Waals surface area contributed by atoms with E-state index >= 15 is 0 Å². The smallest absolute Gasteiger partial charge is 0.211 e. The SMILES string of the molecule is c1c(C23CC4CC(CC(C4)C2)C3)cc2c(c1OCCCC13CC4CC(CC(C4)C1)C3)O2. The number of hydrogen-bond acceptors (Lipinski definition) is 2. The van der Waals surface area contributed by atoms with Crippen molar-refractivity contribution in [3.63, 3.8) is 0 Å². The van der Waals surface area contributed by atoms with Gasteiger partial charge in [0.05, 0.1) is 6.61 Å². The molecule has 0 N–H and O–H groups in total. The zero-order chi connectivity index (χ0) is 20.2. The summed E-state index contributed by atoms with van der Waals surface area (Å²) in [5.74, 6) is 9.37. The molecule has 0 unspecified atom stereocenters. The van der Waals surface area contributed by atoms with E-state index in [2.05, 4.69) is 12.1 Å². The average Bonchev–Trinajstić information content (AvgIpc) is 3.49. The highest BCUT2D eigenvalue weighted by Crippen LogP contribution is 2.64. The average molecular weight is 419 g/mol. The van der Waals surface area contributed by atoms with Gasteiger partial charge in [-0.15, -0.1) is 0 Å². The van der Waals surface area contributed by atoms with Gasteiger partial charge in [-0.3, -0.25) is 0 Å². The Kier molecular flexibility index (Phi) is 3.67. The summed E-state index contributed by atoms with van der Waals surface area (Å²) < 4.78 is 12.3. The Labute approximate surface area is 187 Å². The van der Waals surface area contributed by atoms with Crippen molar-refractivity contribution in [3.05, 3.63) is 17.7 Å². The summed E-state index contributed by atoms with van der Waals surface area (Å²) in [5, 5.41) is 0. The molecule has 9 aliphatic rings. The van der Waals surface area contributed by atoms with E-state index in [0.29, 0.717) is 10.8 Å². The largest absolute Gasteiger partial charge is 0.490 e. The standard InChI is InChI=1S/C29H38O2/c1(2-28-12-18-4-19(13-28)6-20(5-18)14-28)3-30-25-10-24(11-26-27(25)31-26)29-15-21-7-22(16-29)9-23(8-21)17-29/h10-11,18-23H,1-9,12-17H2. The monoisotopic (exact) mass is 418 g/mol. The number of fused-ring (bicyclic) bond motifs is 1. The predicted molar refractivity (Wildman–Crippen MR) is 122 cm³/mol. The van der Waals surface area contributed by atoms with Crippen LogP contribution in [0.25, 0.3) is 0 Å². The van der Waals surface area contributed by atoms with Crippen LogP contribution in [0.4, 0.5) is 0 Å². The summed E-state index contributed by atoms with van der Waals surface area (Å²) >= 11 is 0. The maximum absolute atomic E-state index is 6.43. The van der Waals surface area contributed by atoms with Gasteiger partial charge in [0, 0.05) is 0 Å². The van der Waals surface area contributed by atoms with Crippen LogP contribution in [-0.2, 0) is 5.41 Å². The van der Waals surface area contributed by atoms with E-state index in [1.165, 1.54) is 70.6 Å². The highest BCUT2D eigenvalue weighted by Gasteiger charge is 2.53. The van der Waals surface area contributed by atoms with Gasteiger partial charge >= 0.3 is 0 Å². The first-order valence-electron chi connectivity index (χ1n) is 13.6. The van der Waals surface area contributed by atoms with Gasteiger partial charge in [-0.2, -0.15) is 0 Å². The van der Waals surface area contributed by atoms with Crippen LogP contribution in [0, 0.1) is 40.9 Å². The Morgan fingerprint density at radius 2 is 1.29 bits per heavy atom. The molecular weight excluding hydrogens is 380 g/mol. The molecule has 31 heavy (non-hydrogen) atoms. The van der Waals surface area contributed by atoms with Gasteiger partial charge in [-0.05, 0) is 154 Å². The van der Waals surface area contributed by atoms with Crippen LogP contribution in [0.2, 0.25) is 0 Å². The van der Waals surface area contributed by atoms with Crippen molar-refractivity contribution in [1.29, 1.82) is 0 Å². The van der Waals surface area contributed by atoms with Crippen LogP contribution in [0.1, 0.15) is 95.5 Å². The molecule has 0 aromatic heterocycles. The molecule has 1 aliphatic heterocycles. The maximum Gasteiger partial charge on any atom is 0.211 e. The van der Waals surface area contributed by atoms with Crippen LogP contribution >= 0.6 is 0 Å². The molecule has 8 saturated carbocycles. The number of benzene rings is 1.